The molecule has 90 valence electrons. The number of rotatable bonds is 5. The molecular weight excluding hydrogens is 230 g/mol. The Morgan fingerprint density at radius 3 is 2.82 bits per heavy atom. The average Bonchev–Trinajstić information content (AvgIpc) is 2.90. The van der Waals surface area contributed by atoms with Gasteiger partial charge in [-0.25, -0.2) is 0 Å². The zero-order valence-electron chi connectivity index (χ0n) is 9.89. The minimum Gasteiger partial charge on any atom is -0.271 e. The van der Waals surface area contributed by atoms with E-state index in [1.165, 1.54) is 11.1 Å². The highest BCUT2D eigenvalue weighted by Gasteiger charge is 2.11. The van der Waals surface area contributed by atoms with Crippen LogP contribution in [-0.2, 0) is 12.8 Å². The minimum absolute atomic E-state index is 0.140. The van der Waals surface area contributed by atoms with Crippen LogP contribution in [-0.4, -0.2) is 4.98 Å². The average molecular weight is 247 g/mol. The van der Waals surface area contributed by atoms with Crippen LogP contribution >= 0.6 is 11.3 Å². The van der Waals surface area contributed by atoms with Gasteiger partial charge in [0, 0.05) is 18.3 Å². The molecule has 0 aliphatic carbocycles. The molecule has 0 radical (unpaired) electrons. The SMILES string of the molecule is CCc1ccc(CC(NN)c2ccsc2)nc1. The van der Waals surface area contributed by atoms with Crippen LogP contribution in [0.2, 0.25) is 0 Å². The summed E-state index contributed by atoms with van der Waals surface area (Å²) in [5.74, 6) is 5.59. The quantitative estimate of drug-likeness (QED) is 0.630. The third kappa shape index (κ3) is 3.12. The normalized spacial score (nSPS) is 12.6. The molecule has 0 spiro atoms. The van der Waals surface area contributed by atoms with Gasteiger partial charge in [0.1, 0.15) is 0 Å². The first-order chi connectivity index (χ1) is 8.33. The van der Waals surface area contributed by atoms with E-state index >= 15 is 0 Å². The lowest BCUT2D eigenvalue weighted by atomic mass is 10.1. The molecule has 2 aromatic heterocycles. The van der Waals surface area contributed by atoms with Crippen LogP contribution in [0, 0.1) is 0 Å². The van der Waals surface area contributed by atoms with Gasteiger partial charge in [-0.05, 0) is 40.4 Å². The Hall–Kier alpha value is -1.23. The number of aryl methyl sites for hydroxylation is 1. The highest BCUT2D eigenvalue weighted by Crippen LogP contribution is 2.19. The van der Waals surface area contributed by atoms with Crippen molar-refractivity contribution in [1.82, 2.24) is 10.4 Å². The summed E-state index contributed by atoms with van der Waals surface area (Å²) < 4.78 is 0. The van der Waals surface area contributed by atoms with E-state index in [0.717, 1.165) is 18.5 Å². The first-order valence-corrected chi connectivity index (χ1v) is 6.69. The lowest BCUT2D eigenvalue weighted by Gasteiger charge is -2.14. The number of hydrogen-bond donors (Lipinski definition) is 2. The third-order valence-electron chi connectivity index (χ3n) is 2.85. The predicted molar refractivity (Wildman–Crippen MR) is 71.7 cm³/mol. The van der Waals surface area contributed by atoms with Gasteiger partial charge in [0.2, 0.25) is 0 Å². The lowest BCUT2D eigenvalue weighted by molar-refractivity contribution is 0.547. The molecule has 3 nitrogen and oxygen atoms in total. The number of aromatic nitrogens is 1. The molecule has 0 saturated heterocycles. The molecule has 0 fully saturated rings. The first-order valence-electron chi connectivity index (χ1n) is 5.75. The van der Waals surface area contributed by atoms with Gasteiger partial charge in [-0.15, -0.1) is 0 Å². The van der Waals surface area contributed by atoms with Crippen LogP contribution in [0.25, 0.3) is 0 Å². The Morgan fingerprint density at radius 1 is 1.41 bits per heavy atom. The van der Waals surface area contributed by atoms with Gasteiger partial charge in [0.05, 0.1) is 6.04 Å². The van der Waals surface area contributed by atoms with Crippen molar-refractivity contribution < 1.29 is 0 Å². The van der Waals surface area contributed by atoms with E-state index in [2.05, 4.69) is 46.3 Å². The van der Waals surface area contributed by atoms with Crippen molar-refractivity contribution >= 4 is 11.3 Å². The fraction of sp³-hybridized carbons (Fsp3) is 0.308. The molecule has 3 N–H and O–H groups in total. The van der Waals surface area contributed by atoms with Gasteiger partial charge >= 0.3 is 0 Å². The molecule has 17 heavy (non-hydrogen) atoms. The van der Waals surface area contributed by atoms with Crippen molar-refractivity contribution in [3.05, 3.63) is 52.0 Å². The number of hydrazine groups is 1. The smallest absolute Gasteiger partial charge is 0.0523 e. The Kier molecular flexibility index (Phi) is 4.25. The van der Waals surface area contributed by atoms with E-state index in [-0.39, 0.29) is 6.04 Å². The van der Waals surface area contributed by atoms with Crippen molar-refractivity contribution in [1.29, 1.82) is 0 Å². The van der Waals surface area contributed by atoms with E-state index in [1.807, 2.05) is 6.20 Å². The molecule has 2 rings (SSSR count). The second-order valence-corrected chi connectivity index (χ2v) is 4.77. The predicted octanol–water partition coefficient (Wildman–Crippen LogP) is 2.45. The standard InChI is InChI=1S/C13H17N3S/c1-2-10-3-4-12(15-8-10)7-13(16-14)11-5-6-17-9-11/h3-6,8-9,13,16H,2,7,14H2,1H3. The number of nitrogens with one attached hydrogen (secondary N) is 1. The Bertz CT molecular complexity index is 436. The van der Waals surface area contributed by atoms with Crippen LogP contribution in [0.3, 0.4) is 0 Å². The third-order valence-corrected chi connectivity index (χ3v) is 3.56. The van der Waals surface area contributed by atoms with Crippen LogP contribution in [0.5, 0.6) is 0 Å². The van der Waals surface area contributed by atoms with Gasteiger partial charge in [-0.2, -0.15) is 11.3 Å². The summed E-state index contributed by atoms with van der Waals surface area (Å²) in [7, 11) is 0. The van der Waals surface area contributed by atoms with Crippen LogP contribution < -0.4 is 11.3 Å². The second kappa shape index (κ2) is 5.91. The Morgan fingerprint density at radius 2 is 2.29 bits per heavy atom. The fourth-order valence-electron chi connectivity index (χ4n) is 1.74. The summed E-state index contributed by atoms with van der Waals surface area (Å²) in [6.07, 6.45) is 3.78. The number of hydrogen-bond acceptors (Lipinski definition) is 4. The molecule has 2 heterocycles. The maximum Gasteiger partial charge on any atom is 0.0523 e. The number of nitrogens with zero attached hydrogens (tertiary/aromatic N) is 1. The number of pyridine rings is 1. The van der Waals surface area contributed by atoms with Crippen LogP contribution in [0.4, 0.5) is 0 Å². The zero-order chi connectivity index (χ0) is 12.1. The van der Waals surface area contributed by atoms with Gasteiger partial charge in [0.15, 0.2) is 0 Å². The summed E-state index contributed by atoms with van der Waals surface area (Å²) in [6, 6.07) is 6.44. The van der Waals surface area contributed by atoms with Crippen molar-refractivity contribution in [3.8, 4) is 0 Å². The van der Waals surface area contributed by atoms with Crippen molar-refractivity contribution in [2.75, 3.05) is 0 Å². The fourth-order valence-corrected chi connectivity index (χ4v) is 2.45. The van der Waals surface area contributed by atoms with Gasteiger partial charge < -0.3 is 0 Å². The topological polar surface area (TPSA) is 50.9 Å². The van der Waals surface area contributed by atoms with E-state index in [4.69, 9.17) is 5.84 Å². The van der Waals surface area contributed by atoms with E-state index < -0.39 is 0 Å². The monoisotopic (exact) mass is 247 g/mol. The molecule has 0 aromatic carbocycles. The van der Waals surface area contributed by atoms with E-state index in [0.29, 0.717) is 0 Å². The summed E-state index contributed by atoms with van der Waals surface area (Å²) in [5.41, 5.74) is 6.40. The molecule has 2 aromatic rings. The van der Waals surface area contributed by atoms with Crippen LogP contribution in [0.15, 0.2) is 35.2 Å². The van der Waals surface area contributed by atoms with E-state index in [1.54, 1.807) is 11.3 Å². The Labute approximate surface area is 106 Å². The summed E-state index contributed by atoms with van der Waals surface area (Å²) in [6.45, 7) is 2.13. The maximum absolute atomic E-state index is 5.59. The molecule has 0 aliphatic rings. The number of thiophene rings is 1. The van der Waals surface area contributed by atoms with Crippen molar-refractivity contribution in [2.24, 2.45) is 5.84 Å². The Balaban J connectivity index is 2.07. The van der Waals surface area contributed by atoms with E-state index in [9.17, 15) is 0 Å². The number of nitrogens with two attached hydrogens (primary N) is 1. The lowest BCUT2D eigenvalue weighted by Crippen LogP contribution is -2.29. The molecule has 1 unspecified atom stereocenters. The molecular formula is C13H17N3S. The second-order valence-electron chi connectivity index (χ2n) is 3.99. The largest absolute Gasteiger partial charge is 0.271 e. The summed E-state index contributed by atoms with van der Waals surface area (Å²) >= 11 is 1.68. The first kappa shape index (κ1) is 12.2. The maximum atomic E-state index is 5.59. The molecule has 0 amide bonds. The van der Waals surface area contributed by atoms with Gasteiger partial charge in [-0.3, -0.25) is 16.3 Å². The van der Waals surface area contributed by atoms with Crippen molar-refractivity contribution in [2.45, 2.75) is 25.8 Å². The zero-order valence-corrected chi connectivity index (χ0v) is 10.7. The molecule has 0 saturated carbocycles. The van der Waals surface area contributed by atoms with Crippen LogP contribution in [0.1, 0.15) is 29.8 Å². The summed E-state index contributed by atoms with van der Waals surface area (Å²) in [4.78, 5) is 4.46. The van der Waals surface area contributed by atoms with Gasteiger partial charge in [0.25, 0.3) is 0 Å². The molecule has 4 heteroatoms. The van der Waals surface area contributed by atoms with Gasteiger partial charge in [-0.1, -0.05) is 13.0 Å². The molecule has 0 bridgehead atoms. The minimum atomic E-state index is 0.140. The molecule has 0 aliphatic heterocycles. The highest BCUT2D eigenvalue weighted by atomic mass is 32.1. The summed E-state index contributed by atoms with van der Waals surface area (Å²) in [5, 5.41) is 4.18. The van der Waals surface area contributed by atoms with Crippen molar-refractivity contribution in [3.63, 3.8) is 0 Å². The molecule has 1 atom stereocenters. The highest BCUT2D eigenvalue weighted by molar-refractivity contribution is 7.07.